The first kappa shape index (κ1) is 18.6. The Morgan fingerprint density at radius 3 is 2.46 bits per heavy atom. The molecule has 0 heterocycles. The Hall–Kier alpha value is -3.72. The zero-order valence-electron chi connectivity index (χ0n) is 13.5. The van der Waals surface area contributed by atoms with E-state index in [1.807, 2.05) is 0 Å². The van der Waals surface area contributed by atoms with Gasteiger partial charge in [-0.15, -0.1) is 0 Å². The predicted molar refractivity (Wildman–Crippen MR) is 91.9 cm³/mol. The van der Waals surface area contributed by atoms with Crippen molar-refractivity contribution in [2.75, 3.05) is 6.61 Å². The fraction of sp³-hybridized carbons (Fsp3) is 0.0588. The van der Waals surface area contributed by atoms with Crippen LogP contribution >= 0.6 is 0 Å². The highest BCUT2D eigenvalue weighted by atomic mass is 16.5. The molecule has 0 saturated heterocycles. The number of benzene rings is 2. The SMILES string of the molecule is NC(=O)COc1ccccc1/C=N/NC(=O)c1cccc(C(=O)NO)c1. The summed E-state index contributed by atoms with van der Waals surface area (Å²) in [4.78, 5) is 34.3. The molecule has 5 N–H and O–H groups in total. The Kier molecular flexibility index (Phi) is 6.40. The van der Waals surface area contributed by atoms with Gasteiger partial charge in [0.2, 0.25) is 0 Å². The lowest BCUT2D eigenvalue weighted by molar-refractivity contribution is -0.119. The van der Waals surface area contributed by atoms with Crippen molar-refractivity contribution >= 4 is 23.9 Å². The van der Waals surface area contributed by atoms with E-state index in [9.17, 15) is 14.4 Å². The second-order valence-electron chi connectivity index (χ2n) is 5.01. The number of amides is 3. The number of hydrazone groups is 1. The number of rotatable bonds is 7. The van der Waals surface area contributed by atoms with Gasteiger partial charge in [0.25, 0.3) is 17.7 Å². The van der Waals surface area contributed by atoms with Crippen molar-refractivity contribution in [1.29, 1.82) is 0 Å². The van der Waals surface area contributed by atoms with Crippen LogP contribution in [0.1, 0.15) is 26.3 Å². The summed E-state index contributed by atoms with van der Waals surface area (Å²) >= 11 is 0. The van der Waals surface area contributed by atoms with Crippen molar-refractivity contribution in [1.82, 2.24) is 10.9 Å². The van der Waals surface area contributed by atoms with Crippen molar-refractivity contribution in [2.24, 2.45) is 10.8 Å². The smallest absolute Gasteiger partial charge is 0.274 e. The Morgan fingerprint density at radius 2 is 1.77 bits per heavy atom. The number of ether oxygens (including phenoxy) is 1. The largest absolute Gasteiger partial charge is 0.483 e. The standard InChI is InChI=1S/C17H16N4O5/c18-15(22)10-26-14-7-2-1-4-13(14)9-19-20-16(23)11-5-3-6-12(8-11)17(24)21-25/h1-9,25H,10H2,(H2,18,22)(H,20,23)(H,21,24)/b19-9+. The summed E-state index contributed by atoms with van der Waals surface area (Å²) in [5.74, 6) is -1.52. The maximum absolute atomic E-state index is 12.1. The van der Waals surface area contributed by atoms with Gasteiger partial charge in [0, 0.05) is 16.7 Å². The summed E-state index contributed by atoms with van der Waals surface area (Å²) in [7, 11) is 0. The van der Waals surface area contributed by atoms with Crippen LogP contribution in [0.4, 0.5) is 0 Å². The van der Waals surface area contributed by atoms with Gasteiger partial charge >= 0.3 is 0 Å². The summed E-state index contributed by atoms with van der Waals surface area (Å²) in [6.07, 6.45) is 1.35. The maximum atomic E-state index is 12.1. The van der Waals surface area contributed by atoms with E-state index in [0.717, 1.165) is 0 Å². The van der Waals surface area contributed by atoms with Crippen LogP contribution in [0.5, 0.6) is 5.75 Å². The van der Waals surface area contributed by atoms with Crippen LogP contribution in [-0.4, -0.2) is 35.8 Å². The number of hydroxylamine groups is 1. The molecule has 0 aromatic heterocycles. The topological polar surface area (TPSA) is 143 Å². The van der Waals surface area contributed by atoms with Gasteiger partial charge in [-0.25, -0.2) is 10.9 Å². The molecule has 0 aliphatic rings. The lowest BCUT2D eigenvalue weighted by atomic mass is 10.1. The van der Waals surface area contributed by atoms with Gasteiger partial charge in [-0.3, -0.25) is 19.6 Å². The predicted octanol–water partition coefficient (Wildman–Crippen LogP) is 0.434. The van der Waals surface area contributed by atoms with Crippen LogP contribution in [-0.2, 0) is 4.79 Å². The number of nitrogens with zero attached hydrogens (tertiary/aromatic N) is 1. The van der Waals surface area contributed by atoms with E-state index in [4.69, 9.17) is 15.7 Å². The molecule has 0 radical (unpaired) electrons. The lowest BCUT2D eigenvalue weighted by Gasteiger charge is -2.06. The van der Waals surface area contributed by atoms with Crippen LogP contribution in [0.3, 0.4) is 0 Å². The van der Waals surface area contributed by atoms with Gasteiger partial charge in [0.05, 0.1) is 6.21 Å². The maximum Gasteiger partial charge on any atom is 0.274 e. The minimum Gasteiger partial charge on any atom is -0.483 e. The van der Waals surface area contributed by atoms with Crippen LogP contribution in [0.25, 0.3) is 0 Å². The minimum absolute atomic E-state index is 0.120. The third kappa shape index (κ3) is 5.14. The van der Waals surface area contributed by atoms with E-state index < -0.39 is 17.7 Å². The molecule has 9 heteroatoms. The molecule has 9 nitrogen and oxygen atoms in total. The number of hydrogen-bond donors (Lipinski definition) is 4. The van der Waals surface area contributed by atoms with E-state index in [0.29, 0.717) is 11.3 Å². The average molecular weight is 356 g/mol. The molecule has 26 heavy (non-hydrogen) atoms. The van der Waals surface area contributed by atoms with E-state index in [1.165, 1.54) is 36.0 Å². The first-order valence-electron chi connectivity index (χ1n) is 7.39. The van der Waals surface area contributed by atoms with Gasteiger partial charge in [-0.2, -0.15) is 5.10 Å². The molecule has 0 unspecified atom stereocenters. The van der Waals surface area contributed by atoms with E-state index in [2.05, 4.69) is 10.5 Å². The first-order chi connectivity index (χ1) is 12.5. The third-order valence-corrected chi connectivity index (χ3v) is 3.15. The quantitative estimate of drug-likeness (QED) is 0.323. The number of para-hydroxylation sites is 1. The fourth-order valence-corrected chi connectivity index (χ4v) is 1.96. The van der Waals surface area contributed by atoms with Crippen molar-refractivity contribution < 1.29 is 24.3 Å². The molecular formula is C17H16N4O5. The number of primary amides is 1. The molecule has 0 fully saturated rings. The number of carbonyl (C=O) groups is 3. The highest BCUT2D eigenvalue weighted by molar-refractivity contribution is 5.99. The molecule has 3 amide bonds. The Morgan fingerprint density at radius 1 is 1.08 bits per heavy atom. The minimum atomic E-state index is -0.733. The van der Waals surface area contributed by atoms with E-state index in [1.54, 1.807) is 24.3 Å². The molecule has 134 valence electrons. The Balaban J connectivity index is 2.06. The van der Waals surface area contributed by atoms with Crippen LogP contribution < -0.4 is 21.4 Å². The molecule has 0 atom stereocenters. The second-order valence-corrected chi connectivity index (χ2v) is 5.01. The van der Waals surface area contributed by atoms with Gasteiger partial charge < -0.3 is 10.5 Å². The van der Waals surface area contributed by atoms with Crippen LogP contribution in [0.2, 0.25) is 0 Å². The molecule has 0 bridgehead atoms. The van der Waals surface area contributed by atoms with E-state index in [-0.39, 0.29) is 17.7 Å². The van der Waals surface area contributed by atoms with Crippen molar-refractivity contribution in [3.05, 3.63) is 65.2 Å². The average Bonchev–Trinajstić information content (AvgIpc) is 2.66. The van der Waals surface area contributed by atoms with E-state index >= 15 is 0 Å². The summed E-state index contributed by atoms with van der Waals surface area (Å²) in [6, 6.07) is 12.5. The normalized spacial score (nSPS) is 10.3. The molecular weight excluding hydrogens is 340 g/mol. The molecule has 0 aliphatic carbocycles. The zero-order chi connectivity index (χ0) is 18.9. The molecule has 2 rings (SSSR count). The van der Waals surface area contributed by atoms with Gasteiger partial charge in [-0.05, 0) is 30.3 Å². The number of carbonyl (C=O) groups excluding carboxylic acids is 3. The van der Waals surface area contributed by atoms with Crippen molar-refractivity contribution in [3.63, 3.8) is 0 Å². The highest BCUT2D eigenvalue weighted by Crippen LogP contribution is 2.15. The number of nitrogens with two attached hydrogens (primary N) is 1. The zero-order valence-corrected chi connectivity index (χ0v) is 13.5. The number of nitrogens with one attached hydrogen (secondary N) is 2. The molecule has 2 aromatic rings. The van der Waals surface area contributed by atoms with Gasteiger partial charge in [-0.1, -0.05) is 18.2 Å². The van der Waals surface area contributed by atoms with Gasteiger partial charge in [0.1, 0.15) is 5.75 Å². The molecule has 0 saturated carbocycles. The van der Waals surface area contributed by atoms with Gasteiger partial charge in [0.15, 0.2) is 6.61 Å². The number of hydrogen-bond acceptors (Lipinski definition) is 6. The second kappa shape index (κ2) is 8.94. The summed E-state index contributed by atoms with van der Waals surface area (Å²) < 4.78 is 5.25. The first-order valence-corrected chi connectivity index (χ1v) is 7.39. The van der Waals surface area contributed by atoms with Crippen LogP contribution in [0.15, 0.2) is 53.6 Å². The Bertz CT molecular complexity index is 851. The molecule has 2 aromatic carbocycles. The Labute approximate surface area is 148 Å². The molecule has 0 aliphatic heterocycles. The third-order valence-electron chi connectivity index (χ3n) is 3.15. The summed E-state index contributed by atoms with van der Waals surface area (Å²) in [5.41, 5.74) is 9.68. The van der Waals surface area contributed by atoms with Crippen molar-refractivity contribution in [3.8, 4) is 5.75 Å². The fourth-order valence-electron chi connectivity index (χ4n) is 1.96. The molecule has 0 spiro atoms. The highest BCUT2D eigenvalue weighted by Gasteiger charge is 2.09. The van der Waals surface area contributed by atoms with Crippen molar-refractivity contribution in [2.45, 2.75) is 0 Å². The summed E-state index contributed by atoms with van der Waals surface area (Å²) in [6.45, 7) is -0.281. The lowest BCUT2D eigenvalue weighted by Crippen LogP contribution is -2.21. The monoisotopic (exact) mass is 356 g/mol. The van der Waals surface area contributed by atoms with Crippen LogP contribution in [0, 0.1) is 0 Å². The summed E-state index contributed by atoms with van der Waals surface area (Å²) in [5, 5.41) is 12.5.